The van der Waals surface area contributed by atoms with Gasteiger partial charge in [-0.3, -0.25) is 19.5 Å². The molecular weight excluding hydrogens is 484 g/mol. The van der Waals surface area contributed by atoms with Crippen molar-refractivity contribution in [1.82, 2.24) is 20.2 Å². The van der Waals surface area contributed by atoms with E-state index in [1.807, 2.05) is 42.5 Å². The van der Waals surface area contributed by atoms with Gasteiger partial charge in [0.1, 0.15) is 23.2 Å². The summed E-state index contributed by atoms with van der Waals surface area (Å²) in [5.41, 5.74) is 2.09. The van der Waals surface area contributed by atoms with Crippen molar-refractivity contribution in [3.8, 4) is 0 Å². The SMILES string of the molecule is CC(C)(C)OC(=O)NC=Nc1ccc(CNC(=O)[C@@H]2CCc3ncc(NCc4ccccc4)c(=O)n32)cc1. The first-order chi connectivity index (χ1) is 18.2. The average molecular weight is 517 g/mol. The van der Waals surface area contributed by atoms with Gasteiger partial charge in [0.2, 0.25) is 5.91 Å². The van der Waals surface area contributed by atoms with Gasteiger partial charge in [0.25, 0.3) is 5.56 Å². The second-order valence-electron chi connectivity index (χ2n) is 9.95. The number of benzene rings is 2. The first-order valence-corrected chi connectivity index (χ1v) is 12.5. The van der Waals surface area contributed by atoms with Crippen LogP contribution in [0.1, 0.15) is 50.2 Å². The summed E-state index contributed by atoms with van der Waals surface area (Å²) in [5, 5.41) is 8.53. The van der Waals surface area contributed by atoms with Gasteiger partial charge in [-0.15, -0.1) is 0 Å². The number of aromatic nitrogens is 2. The number of carbonyl (C=O) groups is 2. The standard InChI is InChI=1S/C28H32N6O4/c1-28(2,3)38-27(37)33-18-32-21-11-9-20(10-12-21)16-31-25(35)23-13-14-24-30-17-22(26(36)34(23)24)29-15-19-7-5-4-6-8-19/h4-12,17-18,23,29H,13-16H2,1-3H3,(H,31,35)(H,32,33,37)/t23-/m0/s1. The van der Waals surface area contributed by atoms with E-state index < -0.39 is 17.7 Å². The van der Waals surface area contributed by atoms with Crippen molar-refractivity contribution in [2.24, 2.45) is 4.99 Å². The summed E-state index contributed by atoms with van der Waals surface area (Å²) < 4.78 is 6.65. The van der Waals surface area contributed by atoms with Crippen molar-refractivity contribution >= 4 is 29.7 Å². The Morgan fingerprint density at radius 2 is 1.79 bits per heavy atom. The fraction of sp³-hybridized carbons (Fsp3) is 0.321. The molecule has 0 bridgehead atoms. The van der Waals surface area contributed by atoms with E-state index in [0.717, 1.165) is 11.1 Å². The Balaban J connectivity index is 1.32. The lowest BCUT2D eigenvalue weighted by Crippen LogP contribution is -2.36. The van der Waals surface area contributed by atoms with Crippen LogP contribution in [0.3, 0.4) is 0 Å². The Bertz CT molecular complexity index is 1360. The van der Waals surface area contributed by atoms with Crippen LogP contribution in [0.25, 0.3) is 0 Å². The topological polar surface area (TPSA) is 127 Å². The largest absolute Gasteiger partial charge is 0.444 e. The smallest absolute Gasteiger partial charge is 0.412 e. The molecule has 3 aromatic rings. The third-order valence-electron chi connectivity index (χ3n) is 5.85. The van der Waals surface area contributed by atoms with Crippen molar-refractivity contribution in [2.45, 2.75) is 58.3 Å². The molecule has 0 fully saturated rings. The van der Waals surface area contributed by atoms with E-state index in [4.69, 9.17) is 4.74 Å². The molecule has 2 aromatic carbocycles. The molecule has 1 aromatic heterocycles. The molecule has 1 aliphatic heterocycles. The number of hydrogen-bond donors (Lipinski definition) is 3. The van der Waals surface area contributed by atoms with Gasteiger partial charge >= 0.3 is 6.09 Å². The number of amides is 2. The van der Waals surface area contributed by atoms with Crippen LogP contribution in [0.2, 0.25) is 0 Å². The van der Waals surface area contributed by atoms with Gasteiger partial charge < -0.3 is 15.4 Å². The van der Waals surface area contributed by atoms with Crippen molar-refractivity contribution in [3.63, 3.8) is 0 Å². The van der Waals surface area contributed by atoms with Crippen LogP contribution >= 0.6 is 0 Å². The quantitative estimate of drug-likeness (QED) is 0.308. The summed E-state index contributed by atoms with van der Waals surface area (Å²) in [6, 6.07) is 16.4. The number of fused-ring (bicyclic) bond motifs is 1. The maximum Gasteiger partial charge on any atom is 0.412 e. The summed E-state index contributed by atoms with van der Waals surface area (Å²) in [6.45, 7) is 6.14. The highest BCUT2D eigenvalue weighted by Crippen LogP contribution is 2.23. The lowest BCUT2D eigenvalue weighted by atomic mass is 10.1. The molecule has 0 unspecified atom stereocenters. The van der Waals surface area contributed by atoms with Gasteiger partial charge in [-0.1, -0.05) is 42.5 Å². The van der Waals surface area contributed by atoms with E-state index in [9.17, 15) is 14.4 Å². The molecule has 4 rings (SSSR count). The number of anilines is 1. The number of rotatable bonds is 8. The Labute approximate surface area is 221 Å². The molecule has 3 N–H and O–H groups in total. The maximum absolute atomic E-state index is 13.1. The molecule has 198 valence electrons. The zero-order valence-electron chi connectivity index (χ0n) is 21.7. The molecule has 10 heteroatoms. The fourth-order valence-corrected chi connectivity index (χ4v) is 4.04. The lowest BCUT2D eigenvalue weighted by Gasteiger charge is -2.18. The second-order valence-corrected chi connectivity index (χ2v) is 9.95. The summed E-state index contributed by atoms with van der Waals surface area (Å²) in [7, 11) is 0. The molecule has 0 aliphatic carbocycles. The zero-order chi connectivity index (χ0) is 27.1. The predicted octanol–water partition coefficient (Wildman–Crippen LogP) is 3.84. The van der Waals surface area contributed by atoms with Crippen molar-refractivity contribution in [3.05, 3.63) is 88.1 Å². The minimum absolute atomic E-state index is 0.225. The number of aliphatic imine (C=N–C) groups is 1. The average Bonchev–Trinajstić information content (AvgIpc) is 3.32. The van der Waals surface area contributed by atoms with Crippen molar-refractivity contribution in [2.75, 3.05) is 5.32 Å². The van der Waals surface area contributed by atoms with Crippen LogP contribution in [0.5, 0.6) is 0 Å². The van der Waals surface area contributed by atoms with Crippen LogP contribution in [0.4, 0.5) is 16.2 Å². The van der Waals surface area contributed by atoms with E-state index in [0.29, 0.717) is 43.1 Å². The normalized spacial score (nSPS) is 14.7. The number of ether oxygens (including phenoxy) is 1. The fourth-order valence-electron chi connectivity index (χ4n) is 4.04. The molecule has 0 saturated carbocycles. The summed E-state index contributed by atoms with van der Waals surface area (Å²) in [4.78, 5) is 46.4. The van der Waals surface area contributed by atoms with Gasteiger partial charge in [-0.2, -0.15) is 0 Å². The molecule has 2 heterocycles. The van der Waals surface area contributed by atoms with Crippen LogP contribution in [-0.4, -0.2) is 33.5 Å². The van der Waals surface area contributed by atoms with Gasteiger partial charge in [0, 0.05) is 19.5 Å². The first kappa shape index (κ1) is 26.6. The third-order valence-corrected chi connectivity index (χ3v) is 5.85. The van der Waals surface area contributed by atoms with E-state index in [-0.39, 0.29) is 11.5 Å². The molecule has 0 radical (unpaired) electrons. The Kier molecular flexibility index (Phi) is 8.20. The molecule has 1 aliphatic rings. The molecule has 0 saturated heterocycles. The van der Waals surface area contributed by atoms with Gasteiger partial charge in [-0.05, 0) is 50.5 Å². The number of nitrogens with one attached hydrogen (secondary N) is 3. The minimum atomic E-state index is -0.605. The van der Waals surface area contributed by atoms with E-state index in [2.05, 4.69) is 25.9 Å². The van der Waals surface area contributed by atoms with Gasteiger partial charge in [-0.25, -0.2) is 14.8 Å². The number of alkyl carbamates (subject to hydrolysis) is 1. The maximum atomic E-state index is 13.1. The van der Waals surface area contributed by atoms with Crippen LogP contribution in [-0.2, 0) is 29.0 Å². The van der Waals surface area contributed by atoms with E-state index in [1.165, 1.54) is 10.9 Å². The molecule has 38 heavy (non-hydrogen) atoms. The Morgan fingerprint density at radius 3 is 2.50 bits per heavy atom. The Hall–Kier alpha value is -4.47. The monoisotopic (exact) mass is 516 g/mol. The highest BCUT2D eigenvalue weighted by molar-refractivity contribution is 5.83. The second kappa shape index (κ2) is 11.7. The van der Waals surface area contributed by atoms with Crippen LogP contribution < -0.4 is 21.5 Å². The number of nitrogens with zero attached hydrogens (tertiary/aromatic N) is 3. The highest BCUT2D eigenvalue weighted by atomic mass is 16.6. The Morgan fingerprint density at radius 1 is 1.08 bits per heavy atom. The number of hydrogen-bond acceptors (Lipinski definition) is 7. The molecular formula is C28H32N6O4. The van der Waals surface area contributed by atoms with Gasteiger partial charge in [0.05, 0.1) is 18.2 Å². The van der Waals surface area contributed by atoms with Gasteiger partial charge in [0.15, 0.2) is 0 Å². The molecule has 2 amide bonds. The van der Waals surface area contributed by atoms with Crippen molar-refractivity contribution < 1.29 is 14.3 Å². The first-order valence-electron chi connectivity index (χ1n) is 12.5. The molecule has 0 spiro atoms. The number of aryl methyl sites for hydroxylation is 1. The zero-order valence-corrected chi connectivity index (χ0v) is 21.7. The summed E-state index contributed by atoms with van der Waals surface area (Å²) in [6.07, 6.45) is 3.33. The number of carbonyl (C=O) groups excluding carboxylic acids is 2. The molecule has 1 atom stereocenters. The third kappa shape index (κ3) is 7.06. The van der Waals surface area contributed by atoms with Crippen molar-refractivity contribution in [1.29, 1.82) is 0 Å². The van der Waals surface area contributed by atoms with E-state index in [1.54, 1.807) is 39.1 Å². The van der Waals surface area contributed by atoms with Crippen LogP contribution in [0.15, 0.2) is 70.6 Å². The lowest BCUT2D eigenvalue weighted by molar-refractivity contribution is -0.124. The summed E-state index contributed by atoms with van der Waals surface area (Å²) in [5.74, 6) is 0.388. The predicted molar refractivity (Wildman–Crippen MR) is 145 cm³/mol. The van der Waals surface area contributed by atoms with Crippen LogP contribution in [0, 0.1) is 0 Å². The summed E-state index contributed by atoms with van der Waals surface area (Å²) >= 11 is 0. The van der Waals surface area contributed by atoms with E-state index >= 15 is 0 Å². The minimum Gasteiger partial charge on any atom is -0.444 e. The highest BCUT2D eigenvalue weighted by Gasteiger charge is 2.31. The molecule has 10 nitrogen and oxygen atoms in total.